The largest absolute Gasteiger partial charge is 0.466 e. The van der Waals surface area contributed by atoms with E-state index in [9.17, 15) is 9.90 Å². The van der Waals surface area contributed by atoms with Crippen LogP contribution in [0.1, 0.15) is 54.4 Å². The summed E-state index contributed by atoms with van der Waals surface area (Å²) >= 11 is 0. The molecule has 1 unspecified atom stereocenters. The first kappa shape index (κ1) is 21.0. The standard InChI is InChI=1S/C19H32O8/c1-7-9-11(16(20)22-8-2)19(21)15-14(25-18(5,6)27-15)13(26-19)12-10-23-17(3,4)24-12/h11-15,21H,7-10H2,1-6H3/t11-,12+,13+,14-,15-,19?/m0/s1. The van der Waals surface area contributed by atoms with Crippen molar-refractivity contribution in [2.24, 2.45) is 5.92 Å². The Morgan fingerprint density at radius 2 is 1.78 bits per heavy atom. The third-order valence-electron chi connectivity index (χ3n) is 5.23. The normalized spacial score (nSPS) is 40.7. The minimum absolute atomic E-state index is 0.225. The molecule has 3 aliphatic heterocycles. The first-order valence-corrected chi connectivity index (χ1v) is 9.77. The molecule has 156 valence electrons. The van der Waals surface area contributed by atoms with Crippen LogP contribution in [0.2, 0.25) is 0 Å². The molecule has 0 amide bonds. The molecule has 0 spiro atoms. The van der Waals surface area contributed by atoms with Crippen molar-refractivity contribution in [1.82, 2.24) is 0 Å². The molecule has 3 heterocycles. The Balaban J connectivity index is 1.91. The summed E-state index contributed by atoms with van der Waals surface area (Å²) in [6.45, 7) is 11.4. The van der Waals surface area contributed by atoms with Gasteiger partial charge in [-0.15, -0.1) is 0 Å². The van der Waals surface area contributed by atoms with Crippen molar-refractivity contribution >= 4 is 5.97 Å². The van der Waals surface area contributed by atoms with Gasteiger partial charge in [0.1, 0.15) is 30.3 Å². The van der Waals surface area contributed by atoms with Gasteiger partial charge in [-0.05, 0) is 41.0 Å². The van der Waals surface area contributed by atoms with Crippen LogP contribution in [0.25, 0.3) is 0 Å². The van der Waals surface area contributed by atoms with Gasteiger partial charge in [0.05, 0.1) is 13.2 Å². The van der Waals surface area contributed by atoms with Crippen molar-refractivity contribution in [2.45, 2.75) is 96.2 Å². The molecule has 1 N–H and O–H groups in total. The fourth-order valence-corrected chi connectivity index (χ4v) is 4.17. The highest BCUT2D eigenvalue weighted by Crippen LogP contribution is 2.49. The summed E-state index contributed by atoms with van der Waals surface area (Å²) in [7, 11) is 0. The van der Waals surface area contributed by atoms with Crippen LogP contribution >= 0.6 is 0 Å². The minimum atomic E-state index is -1.86. The second-order valence-electron chi connectivity index (χ2n) is 8.32. The summed E-state index contributed by atoms with van der Waals surface area (Å²) in [4.78, 5) is 12.6. The predicted octanol–water partition coefficient (Wildman–Crippen LogP) is 1.72. The van der Waals surface area contributed by atoms with Gasteiger partial charge in [0, 0.05) is 0 Å². The molecule has 0 radical (unpaired) electrons. The van der Waals surface area contributed by atoms with Gasteiger partial charge in [-0.3, -0.25) is 4.79 Å². The summed E-state index contributed by atoms with van der Waals surface area (Å²) in [6, 6.07) is 0. The lowest BCUT2D eigenvalue weighted by Gasteiger charge is -2.35. The van der Waals surface area contributed by atoms with Gasteiger partial charge >= 0.3 is 5.97 Å². The predicted molar refractivity (Wildman–Crippen MR) is 93.6 cm³/mol. The number of carbonyl (C=O) groups excluding carboxylic acids is 1. The van der Waals surface area contributed by atoms with Gasteiger partial charge in [-0.2, -0.15) is 0 Å². The number of aliphatic hydroxyl groups is 1. The Morgan fingerprint density at radius 1 is 1.07 bits per heavy atom. The van der Waals surface area contributed by atoms with Gasteiger partial charge < -0.3 is 33.5 Å². The van der Waals surface area contributed by atoms with Gasteiger partial charge in [0.15, 0.2) is 11.6 Å². The summed E-state index contributed by atoms with van der Waals surface area (Å²) in [6.07, 6.45) is -1.40. The second-order valence-corrected chi connectivity index (χ2v) is 8.32. The first-order chi connectivity index (χ1) is 12.5. The number of rotatable bonds is 6. The average Bonchev–Trinajstić information content (AvgIpc) is 3.16. The highest BCUT2D eigenvalue weighted by Gasteiger charge is 2.68. The van der Waals surface area contributed by atoms with Crippen molar-refractivity contribution < 1.29 is 38.3 Å². The Morgan fingerprint density at radius 3 is 2.33 bits per heavy atom. The first-order valence-electron chi connectivity index (χ1n) is 9.77. The van der Waals surface area contributed by atoms with Crippen LogP contribution in [-0.4, -0.2) is 66.1 Å². The van der Waals surface area contributed by atoms with Gasteiger partial charge in [0.2, 0.25) is 5.79 Å². The average molecular weight is 388 g/mol. The van der Waals surface area contributed by atoms with Crippen LogP contribution in [0, 0.1) is 5.92 Å². The molecule has 0 aromatic rings. The van der Waals surface area contributed by atoms with Crippen LogP contribution in [0.15, 0.2) is 0 Å². The van der Waals surface area contributed by atoms with Crippen molar-refractivity contribution in [3.05, 3.63) is 0 Å². The van der Waals surface area contributed by atoms with Crippen LogP contribution in [0.4, 0.5) is 0 Å². The number of ether oxygens (including phenoxy) is 6. The molecule has 6 atom stereocenters. The maximum absolute atomic E-state index is 12.6. The lowest BCUT2D eigenvalue weighted by atomic mass is 9.88. The molecular formula is C19H32O8. The summed E-state index contributed by atoms with van der Waals surface area (Å²) in [5.41, 5.74) is 0. The van der Waals surface area contributed by atoms with Crippen LogP contribution < -0.4 is 0 Å². The van der Waals surface area contributed by atoms with Gasteiger partial charge in [-0.1, -0.05) is 13.3 Å². The lowest BCUT2D eigenvalue weighted by molar-refractivity contribution is -0.303. The van der Waals surface area contributed by atoms with E-state index in [1.165, 1.54) is 0 Å². The minimum Gasteiger partial charge on any atom is -0.466 e. The third kappa shape index (κ3) is 3.88. The molecular weight excluding hydrogens is 356 g/mol. The van der Waals surface area contributed by atoms with E-state index in [1.807, 2.05) is 20.8 Å². The van der Waals surface area contributed by atoms with E-state index >= 15 is 0 Å². The topological polar surface area (TPSA) is 92.7 Å². The summed E-state index contributed by atoms with van der Waals surface area (Å²) < 4.78 is 34.9. The number of hydrogen-bond acceptors (Lipinski definition) is 8. The Hall–Kier alpha value is -0.770. The van der Waals surface area contributed by atoms with Gasteiger partial charge in [0.25, 0.3) is 0 Å². The molecule has 0 bridgehead atoms. The fraction of sp³-hybridized carbons (Fsp3) is 0.947. The molecule has 3 saturated heterocycles. The van der Waals surface area contributed by atoms with E-state index in [1.54, 1.807) is 20.8 Å². The van der Waals surface area contributed by atoms with Crippen molar-refractivity contribution in [2.75, 3.05) is 13.2 Å². The highest BCUT2D eigenvalue weighted by atomic mass is 16.8. The molecule has 0 aromatic heterocycles. The van der Waals surface area contributed by atoms with Crippen molar-refractivity contribution in [3.8, 4) is 0 Å². The van der Waals surface area contributed by atoms with E-state index in [0.717, 1.165) is 0 Å². The SMILES string of the molecule is CCC[C@@H](C(=O)OCC)C1(O)O[C@H]([C@H]2COC(C)(C)O2)[C@@H]2OC(C)(C)O[C@@H]21. The quantitative estimate of drug-likeness (QED) is 0.688. The molecule has 3 rings (SSSR count). The molecule has 0 aliphatic carbocycles. The number of esters is 1. The smallest absolute Gasteiger partial charge is 0.314 e. The van der Waals surface area contributed by atoms with Crippen molar-refractivity contribution in [3.63, 3.8) is 0 Å². The Bertz CT molecular complexity index is 562. The third-order valence-corrected chi connectivity index (χ3v) is 5.23. The van der Waals surface area contributed by atoms with Crippen LogP contribution in [-0.2, 0) is 33.2 Å². The zero-order valence-corrected chi connectivity index (χ0v) is 17.0. The molecule has 8 nitrogen and oxygen atoms in total. The summed E-state index contributed by atoms with van der Waals surface area (Å²) in [5, 5.41) is 11.5. The Labute approximate surface area is 160 Å². The van der Waals surface area contributed by atoms with E-state index in [4.69, 9.17) is 28.4 Å². The molecule has 0 saturated carbocycles. The maximum atomic E-state index is 12.6. The van der Waals surface area contributed by atoms with Crippen LogP contribution in [0.5, 0.6) is 0 Å². The monoisotopic (exact) mass is 388 g/mol. The van der Waals surface area contributed by atoms with Crippen LogP contribution in [0.3, 0.4) is 0 Å². The van der Waals surface area contributed by atoms with Gasteiger partial charge in [-0.25, -0.2) is 0 Å². The maximum Gasteiger partial charge on any atom is 0.314 e. The number of fused-ring (bicyclic) bond motifs is 1. The molecule has 0 aromatic carbocycles. The second kappa shape index (κ2) is 7.24. The molecule has 8 heteroatoms. The van der Waals surface area contributed by atoms with E-state index < -0.39 is 53.7 Å². The molecule has 3 fully saturated rings. The fourth-order valence-electron chi connectivity index (χ4n) is 4.17. The van der Waals surface area contributed by atoms with Crippen molar-refractivity contribution in [1.29, 1.82) is 0 Å². The zero-order valence-electron chi connectivity index (χ0n) is 17.0. The Kier molecular flexibility index (Phi) is 5.62. The number of hydrogen-bond donors (Lipinski definition) is 1. The summed E-state index contributed by atoms with van der Waals surface area (Å²) in [5.74, 6) is -4.90. The molecule has 3 aliphatic rings. The van der Waals surface area contributed by atoms with E-state index in [2.05, 4.69) is 0 Å². The van der Waals surface area contributed by atoms with E-state index in [-0.39, 0.29) is 6.61 Å². The van der Waals surface area contributed by atoms with E-state index in [0.29, 0.717) is 19.4 Å². The number of carbonyl (C=O) groups is 1. The lowest BCUT2D eigenvalue weighted by Crippen LogP contribution is -2.52. The zero-order chi connectivity index (χ0) is 20.0. The highest BCUT2D eigenvalue weighted by molar-refractivity contribution is 5.74. The molecule has 27 heavy (non-hydrogen) atoms.